The summed E-state index contributed by atoms with van der Waals surface area (Å²) in [5, 5.41) is 21.5. The van der Waals surface area contributed by atoms with Crippen molar-refractivity contribution in [2.45, 2.75) is 12.3 Å². The van der Waals surface area contributed by atoms with Crippen molar-refractivity contribution in [2.75, 3.05) is 25.2 Å². The number of fused-ring (bicyclic) bond motifs is 1. The van der Waals surface area contributed by atoms with Crippen LogP contribution < -0.4 is 4.90 Å². The van der Waals surface area contributed by atoms with E-state index in [1.54, 1.807) is 6.07 Å². The first-order valence-electron chi connectivity index (χ1n) is 8.51. The number of para-hydroxylation sites is 1. The van der Waals surface area contributed by atoms with E-state index in [4.69, 9.17) is 27.9 Å². The molecular formula is C20H18Cl2N2O3. The van der Waals surface area contributed by atoms with Gasteiger partial charge in [0.2, 0.25) is 0 Å². The van der Waals surface area contributed by atoms with Crippen LogP contribution >= 0.6 is 23.2 Å². The number of hydrogen-bond donors (Lipinski definition) is 2. The van der Waals surface area contributed by atoms with Crippen LogP contribution in [0.3, 0.4) is 0 Å². The van der Waals surface area contributed by atoms with Crippen molar-refractivity contribution < 1.29 is 14.9 Å². The van der Waals surface area contributed by atoms with Crippen LogP contribution in [0.2, 0.25) is 10.0 Å². The van der Waals surface area contributed by atoms with Gasteiger partial charge in [-0.15, -0.1) is 0 Å². The van der Waals surface area contributed by atoms with Crippen molar-refractivity contribution in [1.29, 1.82) is 0 Å². The van der Waals surface area contributed by atoms with Gasteiger partial charge in [0.1, 0.15) is 0 Å². The number of halogens is 2. The highest BCUT2D eigenvalue weighted by Gasteiger charge is 2.28. The van der Waals surface area contributed by atoms with E-state index in [9.17, 15) is 10.2 Å². The molecule has 5 nitrogen and oxygen atoms in total. The fourth-order valence-corrected chi connectivity index (χ4v) is 3.77. The number of benzene rings is 2. The van der Waals surface area contributed by atoms with E-state index in [1.165, 1.54) is 6.20 Å². The highest BCUT2D eigenvalue weighted by atomic mass is 35.5. The Hall–Kier alpha value is -1.89. The number of pyridine rings is 1. The number of ether oxygens (including phenoxy) is 1. The summed E-state index contributed by atoms with van der Waals surface area (Å²) in [7, 11) is 1.92. The van der Waals surface area contributed by atoms with Gasteiger partial charge in [0.05, 0.1) is 40.5 Å². The minimum absolute atomic E-state index is 0.173. The molecule has 1 aliphatic heterocycles. The molecule has 7 heteroatoms. The van der Waals surface area contributed by atoms with Gasteiger partial charge in [-0.05, 0) is 6.07 Å². The Morgan fingerprint density at radius 2 is 1.81 bits per heavy atom. The maximum atomic E-state index is 9.87. The smallest absolute Gasteiger partial charge is 0.182 e. The van der Waals surface area contributed by atoms with Crippen LogP contribution in [0.4, 0.5) is 5.69 Å². The van der Waals surface area contributed by atoms with Crippen LogP contribution in [0.15, 0.2) is 42.6 Å². The number of aliphatic hydroxyl groups is 2. The largest absolute Gasteiger partial charge is 0.377 e. The number of hydrogen-bond acceptors (Lipinski definition) is 5. The molecule has 1 aromatic heterocycles. The molecule has 0 aliphatic carbocycles. The van der Waals surface area contributed by atoms with E-state index in [1.807, 2.05) is 42.3 Å². The average Bonchev–Trinajstić information content (AvgIpc) is 2.61. The molecular weight excluding hydrogens is 387 g/mol. The van der Waals surface area contributed by atoms with E-state index in [2.05, 4.69) is 4.98 Å². The standard InChI is InChI=1S/C20H18Cl2N2O3/c1-24(11-9-27-10-11)19-14-6-2-5-13(12-4-3-7-16(21)17(12)22)18(14)23-8-15(19)20(25)26/h2-8,11,20,25-26H,9-10H2,1H3. The molecule has 0 amide bonds. The molecule has 0 radical (unpaired) electrons. The first-order chi connectivity index (χ1) is 13.0. The molecule has 0 unspecified atom stereocenters. The Morgan fingerprint density at radius 3 is 2.48 bits per heavy atom. The van der Waals surface area contributed by atoms with Crippen molar-refractivity contribution in [3.05, 3.63) is 58.2 Å². The van der Waals surface area contributed by atoms with Crippen LogP contribution in [0, 0.1) is 0 Å². The Balaban J connectivity index is 1.98. The van der Waals surface area contributed by atoms with Crippen molar-refractivity contribution in [3.63, 3.8) is 0 Å². The summed E-state index contributed by atoms with van der Waals surface area (Å²) in [5.41, 5.74) is 3.40. The summed E-state index contributed by atoms with van der Waals surface area (Å²) in [6.45, 7) is 1.20. The Kier molecular flexibility index (Phi) is 4.97. The lowest BCUT2D eigenvalue weighted by Gasteiger charge is -2.37. The van der Waals surface area contributed by atoms with Crippen LogP contribution in [0.1, 0.15) is 11.9 Å². The highest BCUT2D eigenvalue weighted by Crippen LogP contribution is 2.40. The molecule has 3 aromatic rings. The van der Waals surface area contributed by atoms with Gasteiger partial charge in [-0.3, -0.25) is 4.98 Å². The maximum absolute atomic E-state index is 9.87. The van der Waals surface area contributed by atoms with Crippen molar-refractivity contribution >= 4 is 39.8 Å². The lowest BCUT2D eigenvalue weighted by atomic mass is 9.98. The second-order valence-corrected chi connectivity index (χ2v) is 7.33. The van der Waals surface area contributed by atoms with Gasteiger partial charge in [-0.1, -0.05) is 53.5 Å². The average molecular weight is 405 g/mol. The van der Waals surface area contributed by atoms with Crippen molar-refractivity contribution in [2.24, 2.45) is 0 Å². The van der Waals surface area contributed by atoms with E-state index >= 15 is 0 Å². The van der Waals surface area contributed by atoms with E-state index < -0.39 is 6.29 Å². The minimum atomic E-state index is -1.63. The van der Waals surface area contributed by atoms with Crippen LogP contribution in [0.25, 0.3) is 22.0 Å². The molecule has 1 saturated heterocycles. The summed E-state index contributed by atoms with van der Waals surface area (Å²) < 4.78 is 5.30. The quantitative estimate of drug-likeness (QED) is 0.642. The fourth-order valence-electron chi connectivity index (χ4n) is 3.37. The number of likely N-dealkylation sites (N-methyl/N-ethyl adjacent to an activating group) is 1. The van der Waals surface area contributed by atoms with Crippen molar-refractivity contribution in [3.8, 4) is 11.1 Å². The molecule has 2 heterocycles. The fraction of sp³-hybridized carbons (Fsp3) is 0.250. The Labute approximate surface area is 166 Å². The highest BCUT2D eigenvalue weighted by molar-refractivity contribution is 6.44. The maximum Gasteiger partial charge on any atom is 0.182 e. The second kappa shape index (κ2) is 7.26. The minimum Gasteiger partial charge on any atom is -0.377 e. The Bertz CT molecular complexity index is 1010. The zero-order valence-electron chi connectivity index (χ0n) is 14.6. The third-order valence-electron chi connectivity index (χ3n) is 4.94. The number of rotatable bonds is 4. The van der Waals surface area contributed by atoms with Crippen LogP contribution in [-0.4, -0.2) is 41.5 Å². The van der Waals surface area contributed by atoms with Crippen LogP contribution in [-0.2, 0) is 4.74 Å². The SMILES string of the molecule is CN(c1c(C(O)O)cnc2c(-c3cccc(Cl)c3Cl)cccc12)C1COC1. The van der Waals surface area contributed by atoms with E-state index in [0.29, 0.717) is 34.3 Å². The van der Waals surface area contributed by atoms with Gasteiger partial charge in [-0.2, -0.15) is 0 Å². The Morgan fingerprint density at radius 1 is 1.11 bits per heavy atom. The summed E-state index contributed by atoms with van der Waals surface area (Å²) in [4.78, 5) is 6.54. The zero-order valence-corrected chi connectivity index (χ0v) is 16.1. The first kappa shape index (κ1) is 18.5. The molecule has 1 fully saturated rings. The molecule has 2 N–H and O–H groups in total. The van der Waals surface area contributed by atoms with Gasteiger partial charge in [0, 0.05) is 35.3 Å². The molecule has 0 bridgehead atoms. The molecule has 4 rings (SSSR count). The van der Waals surface area contributed by atoms with E-state index in [0.717, 1.165) is 22.2 Å². The van der Waals surface area contributed by atoms with Gasteiger partial charge in [0.25, 0.3) is 0 Å². The second-order valence-electron chi connectivity index (χ2n) is 6.54. The molecule has 1 aliphatic rings. The van der Waals surface area contributed by atoms with Gasteiger partial charge >= 0.3 is 0 Å². The zero-order chi connectivity index (χ0) is 19.1. The normalized spacial score (nSPS) is 14.6. The number of nitrogens with zero attached hydrogens (tertiary/aromatic N) is 2. The monoisotopic (exact) mass is 404 g/mol. The number of anilines is 1. The van der Waals surface area contributed by atoms with Gasteiger partial charge < -0.3 is 19.8 Å². The van der Waals surface area contributed by atoms with Gasteiger partial charge in [0.15, 0.2) is 6.29 Å². The molecule has 0 atom stereocenters. The summed E-state index contributed by atoms with van der Waals surface area (Å²) in [6.07, 6.45) is -0.126. The molecule has 140 valence electrons. The first-order valence-corrected chi connectivity index (χ1v) is 9.27. The summed E-state index contributed by atoms with van der Waals surface area (Å²) in [6, 6.07) is 11.4. The summed E-state index contributed by atoms with van der Waals surface area (Å²) >= 11 is 12.6. The molecule has 27 heavy (non-hydrogen) atoms. The third kappa shape index (κ3) is 3.16. The van der Waals surface area contributed by atoms with Crippen LogP contribution in [0.5, 0.6) is 0 Å². The van der Waals surface area contributed by atoms with E-state index in [-0.39, 0.29) is 6.04 Å². The molecule has 0 spiro atoms. The third-order valence-corrected chi connectivity index (χ3v) is 5.76. The topological polar surface area (TPSA) is 65.8 Å². The summed E-state index contributed by atoms with van der Waals surface area (Å²) in [5.74, 6) is 0. The predicted octanol–water partition coefficient (Wildman–Crippen LogP) is 4.03. The lowest BCUT2D eigenvalue weighted by Crippen LogP contribution is -2.47. The predicted molar refractivity (Wildman–Crippen MR) is 107 cm³/mol. The van der Waals surface area contributed by atoms with Crippen molar-refractivity contribution in [1.82, 2.24) is 4.98 Å². The molecule has 2 aromatic carbocycles. The number of aromatic nitrogens is 1. The van der Waals surface area contributed by atoms with Gasteiger partial charge in [-0.25, -0.2) is 0 Å². The number of aliphatic hydroxyl groups excluding tert-OH is 1. The molecule has 0 saturated carbocycles. The lowest BCUT2D eigenvalue weighted by molar-refractivity contribution is -0.0427.